The van der Waals surface area contributed by atoms with Gasteiger partial charge in [0.05, 0.1) is 17.9 Å². The first-order valence-electron chi connectivity index (χ1n) is 9.09. The summed E-state index contributed by atoms with van der Waals surface area (Å²) in [6.45, 7) is 0.220. The minimum absolute atomic E-state index is 0.220. The summed E-state index contributed by atoms with van der Waals surface area (Å²) in [7, 11) is 0. The van der Waals surface area contributed by atoms with Gasteiger partial charge in [0.25, 0.3) is 0 Å². The van der Waals surface area contributed by atoms with Crippen LogP contribution in [0.5, 0.6) is 0 Å². The van der Waals surface area contributed by atoms with Crippen molar-refractivity contribution in [3.05, 3.63) is 102 Å². The van der Waals surface area contributed by atoms with Gasteiger partial charge in [0.1, 0.15) is 6.61 Å². The van der Waals surface area contributed by atoms with E-state index in [-0.39, 0.29) is 12.6 Å². The lowest BCUT2D eigenvalue weighted by Crippen LogP contribution is -2.32. The van der Waals surface area contributed by atoms with Crippen LogP contribution in [-0.4, -0.2) is 20.7 Å². The number of ether oxygens (including phenoxy) is 1. The van der Waals surface area contributed by atoms with Crippen molar-refractivity contribution >= 4 is 11.7 Å². The van der Waals surface area contributed by atoms with Crippen molar-refractivity contribution < 1.29 is 9.53 Å². The number of fused-ring (bicyclic) bond motifs is 1. The van der Waals surface area contributed by atoms with Crippen LogP contribution in [0.4, 0.5) is 4.79 Å². The van der Waals surface area contributed by atoms with E-state index in [0.29, 0.717) is 6.42 Å². The highest BCUT2D eigenvalue weighted by Gasteiger charge is 2.19. The molecule has 0 saturated carbocycles. The molecule has 0 unspecified atom stereocenters. The molecule has 0 aliphatic heterocycles. The van der Waals surface area contributed by atoms with Crippen LogP contribution in [0.25, 0.3) is 5.65 Å². The lowest BCUT2D eigenvalue weighted by molar-refractivity contribution is 0.135. The topological polar surface area (TPSA) is 68.5 Å². The van der Waals surface area contributed by atoms with E-state index in [1.165, 1.54) is 0 Å². The molecular weight excluding hydrogens is 352 g/mol. The van der Waals surface area contributed by atoms with Crippen molar-refractivity contribution in [2.24, 2.45) is 0 Å². The fourth-order valence-corrected chi connectivity index (χ4v) is 3.10. The Labute approximate surface area is 162 Å². The number of nitrogens with zero attached hydrogens (tertiary/aromatic N) is 3. The maximum absolute atomic E-state index is 12.5. The van der Waals surface area contributed by atoms with E-state index in [1.54, 1.807) is 16.9 Å². The van der Waals surface area contributed by atoms with Gasteiger partial charge in [-0.1, -0.05) is 60.7 Å². The zero-order chi connectivity index (χ0) is 19.2. The number of hydrogen-bond acceptors (Lipinski definition) is 4. The molecule has 28 heavy (non-hydrogen) atoms. The van der Waals surface area contributed by atoms with Crippen molar-refractivity contribution in [3.63, 3.8) is 0 Å². The van der Waals surface area contributed by atoms with E-state index in [0.717, 1.165) is 22.5 Å². The summed E-state index contributed by atoms with van der Waals surface area (Å²) >= 11 is 0. The molecule has 1 amide bonds. The molecule has 1 atom stereocenters. The molecule has 2 aromatic heterocycles. The van der Waals surface area contributed by atoms with E-state index < -0.39 is 6.09 Å². The Morgan fingerprint density at radius 1 is 0.929 bits per heavy atom. The van der Waals surface area contributed by atoms with E-state index in [4.69, 9.17) is 4.74 Å². The lowest BCUT2D eigenvalue weighted by Gasteiger charge is -2.20. The van der Waals surface area contributed by atoms with Gasteiger partial charge in [0.15, 0.2) is 5.65 Å². The van der Waals surface area contributed by atoms with Gasteiger partial charge in [-0.05, 0) is 23.6 Å². The second kappa shape index (κ2) is 8.35. The maximum Gasteiger partial charge on any atom is 0.408 e. The Kier molecular flexibility index (Phi) is 5.29. The Balaban J connectivity index is 1.54. The maximum atomic E-state index is 12.5. The largest absolute Gasteiger partial charge is 0.445 e. The molecule has 0 aliphatic rings. The first-order chi connectivity index (χ1) is 13.8. The number of nitrogens with one attached hydrogen (secondary N) is 1. The summed E-state index contributed by atoms with van der Waals surface area (Å²) in [4.78, 5) is 16.8. The molecule has 140 valence electrons. The van der Waals surface area contributed by atoms with Crippen molar-refractivity contribution in [1.82, 2.24) is 19.9 Å². The minimum atomic E-state index is -0.470. The molecular formula is C22H20N4O2. The zero-order valence-corrected chi connectivity index (χ0v) is 15.2. The van der Waals surface area contributed by atoms with Gasteiger partial charge < -0.3 is 10.1 Å². The number of rotatable bonds is 6. The Hall–Kier alpha value is -3.67. The molecule has 2 heterocycles. The summed E-state index contributed by atoms with van der Waals surface area (Å²) in [6.07, 6.45) is 3.56. The van der Waals surface area contributed by atoms with Gasteiger partial charge in [-0.3, -0.25) is 0 Å². The highest BCUT2D eigenvalue weighted by molar-refractivity contribution is 5.68. The summed E-state index contributed by atoms with van der Waals surface area (Å²) < 4.78 is 7.16. The zero-order valence-electron chi connectivity index (χ0n) is 15.2. The highest BCUT2D eigenvalue weighted by atomic mass is 16.5. The third-order valence-electron chi connectivity index (χ3n) is 4.46. The van der Waals surface area contributed by atoms with Gasteiger partial charge >= 0.3 is 6.09 Å². The monoisotopic (exact) mass is 372 g/mol. The van der Waals surface area contributed by atoms with Crippen LogP contribution in [0.2, 0.25) is 0 Å². The summed E-state index contributed by atoms with van der Waals surface area (Å²) in [5.74, 6) is 0. The van der Waals surface area contributed by atoms with Gasteiger partial charge in [-0.2, -0.15) is 5.10 Å². The molecule has 0 aliphatic carbocycles. The molecule has 0 bridgehead atoms. The SMILES string of the molecule is O=C(N[C@@H](Cc1ccccc1)c1ccnc2ccnn12)OCc1ccccc1. The molecule has 0 radical (unpaired) electrons. The molecule has 1 N–H and O–H groups in total. The summed E-state index contributed by atoms with van der Waals surface area (Å²) in [5.41, 5.74) is 3.62. The Morgan fingerprint density at radius 3 is 2.39 bits per heavy atom. The number of carbonyl (C=O) groups excluding carboxylic acids is 1. The number of alkyl carbamates (subject to hydrolysis) is 1. The highest BCUT2D eigenvalue weighted by Crippen LogP contribution is 2.19. The molecule has 0 fully saturated rings. The van der Waals surface area contributed by atoms with Crippen LogP contribution in [0.15, 0.2) is 85.2 Å². The second-order valence-electron chi connectivity index (χ2n) is 6.42. The summed E-state index contributed by atoms with van der Waals surface area (Å²) in [6, 6.07) is 23.0. The molecule has 4 aromatic rings. The molecule has 0 spiro atoms. The molecule has 2 aromatic carbocycles. The van der Waals surface area contributed by atoms with Gasteiger partial charge in [0, 0.05) is 12.3 Å². The average molecular weight is 372 g/mol. The Morgan fingerprint density at radius 2 is 1.64 bits per heavy atom. The molecule has 6 heteroatoms. The van der Waals surface area contributed by atoms with Crippen molar-refractivity contribution in [2.75, 3.05) is 0 Å². The third-order valence-corrected chi connectivity index (χ3v) is 4.46. The van der Waals surface area contributed by atoms with Crippen LogP contribution in [0.1, 0.15) is 22.9 Å². The van der Waals surface area contributed by atoms with Gasteiger partial charge in [0.2, 0.25) is 0 Å². The predicted molar refractivity (Wildman–Crippen MR) is 106 cm³/mol. The molecule has 6 nitrogen and oxygen atoms in total. The minimum Gasteiger partial charge on any atom is -0.445 e. The molecule has 4 rings (SSSR count). The number of benzene rings is 2. The fraction of sp³-hybridized carbons (Fsp3) is 0.136. The summed E-state index contributed by atoms with van der Waals surface area (Å²) in [5, 5.41) is 7.33. The number of aromatic nitrogens is 3. The van der Waals surface area contributed by atoms with Crippen LogP contribution in [0.3, 0.4) is 0 Å². The van der Waals surface area contributed by atoms with Crippen LogP contribution >= 0.6 is 0 Å². The van der Waals surface area contributed by atoms with E-state index in [9.17, 15) is 4.79 Å². The molecule has 0 saturated heterocycles. The smallest absolute Gasteiger partial charge is 0.408 e. The van der Waals surface area contributed by atoms with E-state index >= 15 is 0 Å². The number of amides is 1. The number of carbonyl (C=O) groups is 1. The Bertz CT molecular complexity index is 1050. The fourth-order valence-electron chi connectivity index (χ4n) is 3.10. The normalized spacial score (nSPS) is 11.9. The predicted octanol–water partition coefficient (Wildman–Crippen LogP) is 3.94. The average Bonchev–Trinajstić information content (AvgIpc) is 3.22. The van der Waals surface area contributed by atoms with Crippen LogP contribution < -0.4 is 5.32 Å². The van der Waals surface area contributed by atoms with E-state index in [1.807, 2.05) is 72.8 Å². The van der Waals surface area contributed by atoms with Crippen molar-refractivity contribution in [1.29, 1.82) is 0 Å². The quantitative estimate of drug-likeness (QED) is 0.557. The van der Waals surface area contributed by atoms with Crippen molar-refractivity contribution in [3.8, 4) is 0 Å². The number of hydrogen-bond donors (Lipinski definition) is 1. The third kappa shape index (κ3) is 4.17. The standard InChI is InChI=1S/C22H20N4O2/c27-22(28-16-18-9-5-2-6-10-18)25-19(15-17-7-3-1-4-8-17)20-11-13-23-21-12-14-24-26(20)21/h1-14,19H,15-16H2,(H,25,27)/t19-/m0/s1. The van der Waals surface area contributed by atoms with Crippen LogP contribution in [-0.2, 0) is 17.8 Å². The second-order valence-corrected chi connectivity index (χ2v) is 6.42. The first-order valence-corrected chi connectivity index (χ1v) is 9.09. The van der Waals surface area contributed by atoms with Crippen LogP contribution in [0, 0.1) is 0 Å². The van der Waals surface area contributed by atoms with Gasteiger partial charge in [-0.15, -0.1) is 0 Å². The van der Waals surface area contributed by atoms with Gasteiger partial charge in [-0.25, -0.2) is 14.3 Å². The van der Waals surface area contributed by atoms with E-state index in [2.05, 4.69) is 15.4 Å². The van der Waals surface area contributed by atoms with Crippen molar-refractivity contribution in [2.45, 2.75) is 19.1 Å². The lowest BCUT2D eigenvalue weighted by atomic mass is 10.0. The first kappa shape index (κ1) is 17.7.